The van der Waals surface area contributed by atoms with Crippen molar-refractivity contribution in [2.45, 2.75) is 19.4 Å². The van der Waals surface area contributed by atoms with Crippen molar-refractivity contribution in [2.75, 3.05) is 6.54 Å². The Morgan fingerprint density at radius 3 is 2.74 bits per heavy atom. The normalized spacial score (nSPS) is 12.6. The minimum Gasteiger partial charge on any atom is -0.453 e. The molecule has 2 aromatic rings. The van der Waals surface area contributed by atoms with Crippen LogP contribution in [0.15, 0.2) is 39.4 Å². The van der Waals surface area contributed by atoms with Crippen molar-refractivity contribution in [3.05, 3.63) is 57.2 Å². The Labute approximate surface area is 125 Å². The lowest BCUT2D eigenvalue weighted by Gasteiger charge is -2.16. The SMILES string of the molecule is CCNC(Cc1ccc(Cl)cc1F)c1ccc(Br)o1. The smallest absolute Gasteiger partial charge is 0.169 e. The van der Waals surface area contributed by atoms with E-state index in [1.807, 2.05) is 19.1 Å². The first kappa shape index (κ1) is 14.6. The lowest BCUT2D eigenvalue weighted by molar-refractivity contribution is 0.402. The van der Waals surface area contributed by atoms with E-state index >= 15 is 0 Å². The molecule has 2 nitrogen and oxygen atoms in total. The molecule has 2 rings (SSSR count). The molecule has 0 fully saturated rings. The van der Waals surface area contributed by atoms with E-state index in [0.717, 1.165) is 12.3 Å². The Hall–Kier alpha value is -0.840. The number of benzene rings is 1. The topological polar surface area (TPSA) is 25.2 Å². The quantitative estimate of drug-likeness (QED) is 0.847. The van der Waals surface area contributed by atoms with E-state index in [1.54, 1.807) is 12.1 Å². The van der Waals surface area contributed by atoms with Crippen molar-refractivity contribution in [3.8, 4) is 0 Å². The first-order valence-electron chi connectivity index (χ1n) is 6.02. The maximum Gasteiger partial charge on any atom is 0.169 e. The summed E-state index contributed by atoms with van der Waals surface area (Å²) in [6, 6.07) is 8.38. The van der Waals surface area contributed by atoms with Crippen LogP contribution in [-0.2, 0) is 6.42 Å². The second kappa shape index (κ2) is 6.55. The summed E-state index contributed by atoms with van der Waals surface area (Å²) in [4.78, 5) is 0. The standard InChI is InChI=1S/C14H14BrClFNO/c1-2-18-12(13-5-6-14(15)19-13)7-9-3-4-10(16)8-11(9)17/h3-6,8,12,18H,2,7H2,1H3. The van der Waals surface area contributed by atoms with Gasteiger partial charge >= 0.3 is 0 Å². The van der Waals surface area contributed by atoms with Gasteiger partial charge in [-0.05, 0) is 58.7 Å². The molecule has 102 valence electrons. The number of rotatable bonds is 5. The third-order valence-corrected chi connectivity index (χ3v) is 3.49. The van der Waals surface area contributed by atoms with Gasteiger partial charge in [0.1, 0.15) is 11.6 Å². The van der Waals surface area contributed by atoms with Gasteiger partial charge in [0.25, 0.3) is 0 Å². The van der Waals surface area contributed by atoms with E-state index < -0.39 is 0 Å². The van der Waals surface area contributed by atoms with Crippen molar-refractivity contribution in [2.24, 2.45) is 0 Å². The van der Waals surface area contributed by atoms with E-state index in [9.17, 15) is 4.39 Å². The van der Waals surface area contributed by atoms with Crippen molar-refractivity contribution in [1.82, 2.24) is 5.32 Å². The summed E-state index contributed by atoms with van der Waals surface area (Å²) in [5, 5.41) is 3.69. The summed E-state index contributed by atoms with van der Waals surface area (Å²) in [6.07, 6.45) is 0.511. The van der Waals surface area contributed by atoms with Gasteiger partial charge in [-0.3, -0.25) is 0 Å². The van der Waals surface area contributed by atoms with Gasteiger partial charge in [-0.2, -0.15) is 0 Å². The highest BCUT2D eigenvalue weighted by Gasteiger charge is 2.17. The van der Waals surface area contributed by atoms with E-state index in [2.05, 4.69) is 21.2 Å². The highest BCUT2D eigenvalue weighted by atomic mass is 79.9. The van der Waals surface area contributed by atoms with Crippen LogP contribution in [0.25, 0.3) is 0 Å². The van der Waals surface area contributed by atoms with Gasteiger partial charge in [0.15, 0.2) is 4.67 Å². The number of nitrogens with one attached hydrogen (secondary N) is 1. The average molecular weight is 347 g/mol. The van der Waals surface area contributed by atoms with Crippen LogP contribution in [-0.4, -0.2) is 6.54 Å². The van der Waals surface area contributed by atoms with Gasteiger partial charge in [0.05, 0.1) is 6.04 Å². The predicted octanol–water partition coefficient (Wildman–Crippen LogP) is 4.73. The number of halogens is 3. The fourth-order valence-corrected chi connectivity index (χ4v) is 2.42. The highest BCUT2D eigenvalue weighted by molar-refractivity contribution is 9.10. The van der Waals surface area contributed by atoms with Crippen LogP contribution in [0.3, 0.4) is 0 Å². The molecule has 0 saturated heterocycles. The molecule has 1 unspecified atom stereocenters. The minimum absolute atomic E-state index is 0.0630. The van der Waals surface area contributed by atoms with Gasteiger partial charge in [-0.1, -0.05) is 24.6 Å². The molecule has 0 bridgehead atoms. The molecule has 0 aliphatic rings. The third kappa shape index (κ3) is 3.81. The third-order valence-electron chi connectivity index (χ3n) is 2.83. The summed E-state index contributed by atoms with van der Waals surface area (Å²) in [6.45, 7) is 2.78. The van der Waals surface area contributed by atoms with Gasteiger partial charge in [-0.15, -0.1) is 0 Å². The van der Waals surface area contributed by atoms with Crippen molar-refractivity contribution >= 4 is 27.5 Å². The molecule has 19 heavy (non-hydrogen) atoms. The molecule has 0 aliphatic carbocycles. The molecule has 1 aromatic carbocycles. The van der Waals surface area contributed by atoms with E-state index in [0.29, 0.717) is 21.7 Å². The van der Waals surface area contributed by atoms with Crippen LogP contribution in [0.1, 0.15) is 24.3 Å². The van der Waals surface area contributed by atoms with Crippen molar-refractivity contribution < 1.29 is 8.81 Å². The van der Waals surface area contributed by atoms with Crippen molar-refractivity contribution in [3.63, 3.8) is 0 Å². The van der Waals surface area contributed by atoms with Crippen LogP contribution >= 0.6 is 27.5 Å². The molecule has 1 N–H and O–H groups in total. The predicted molar refractivity (Wildman–Crippen MR) is 77.9 cm³/mol. The maximum atomic E-state index is 13.8. The molecule has 1 atom stereocenters. The Morgan fingerprint density at radius 2 is 2.16 bits per heavy atom. The summed E-state index contributed by atoms with van der Waals surface area (Å²) in [7, 11) is 0. The zero-order chi connectivity index (χ0) is 13.8. The van der Waals surface area contributed by atoms with Crippen LogP contribution in [0.5, 0.6) is 0 Å². The van der Waals surface area contributed by atoms with E-state index in [-0.39, 0.29) is 11.9 Å². The molecule has 0 spiro atoms. The zero-order valence-electron chi connectivity index (χ0n) is 10.4. The summed E-state index contributed by atoms with van der Waals surface area (Å²) in [5.41, 5.74) is 0.614. The van der Waals surface area contributed by atoms with E-state index in [4.69, 9.17) is 16.0 Å². The Morgan fingerprint density at radius 1 is 1.37 bits per heavy atom. The summed E-state index contributed by atoms with van der Waals surface area (Å²) < 4.78 is 20.0. The molecule has 1 aromatic heterocycles. The second-order valence-electron chi connectivity index (χ2n) is 4.19. The molecule has 0 aliphatic heterocycles. The monoisotopic (exact) mass is 345 g/mol. The number of hydrogen-bond acceptors (Lipinski definition) is 2. The zero-order valence-corrected chi connectivity index (χ0v) is 12.8. The lowest BCUT2D eigenvalue weighted by Crippen LogP contribution is -2.22. The molecule has 5 heteroatoms. The molecule has 0 radical (unpaired) electrons. The summed E-state index contributed by atoms with van der Waals surface area (Å²) >= 11 is 9.03. The number of hydrogen-bond donors (Lipinski definition) is 1. The molecular formula is C14H14BrClFNO. The van der Waals surface area contributed by atoms with E-state index in [1.165, 1.54) is 6.07 Å². The summed E-state index contributed by atoms with van der Waals surface area (Å²) in [5.74, 6) is 0.490. The fraction of sp³-hybridized carbons (Fsp3) is 0.286. The van der Waals surface area contributed by atoms with Crippen LogP contribution in [0, 0.1) is 5.82 Å². The number of likely N-dealkylation sites (N-methyl/N-ethyl adjacent to an activating group) is 1. The van der Waals surface area contributed by atoms with Crippen LogP contribution < -0.4 is 5.32 Å². The van der Waals surface area contributed by atoms with Gasteiger partial charge in [-0.25, -0.2) is 4.39 Å². The molecular weight excluding hydrogens is 333 g/mol. The lowest BCUT2D eigenvalue weighted by atomic mass is 10.0. The molecule has 1 heterocycles. The second-order valence-corrected chi connectivity index (χ2v) is 5.41. The molecule has 0 saturated carbocycles. The van der Waals surface area contributed by atoms with Crippen LogP contribution in [0.2, 0.25) is 5.02 Å². The van der Waals surface area contributed by atoms with Gasteiger partial charge in [0, 0.05) is 5.02 Å². The van der Waals surface area contributed by atoms with Gasteiger partial charge in [0.2, 0.25) is 0 Å². The maximum absolute atomic E-state index is 13.8. The fourth-order valence-electron chi connectivity index (χ4n) is 1.94. The largest absolute Gasteiger partial charge is 0.453 e. The average Bonchev–Trinajstić information content (AvgIpc) is 2.78. The van der Waals surface area contributed by atoms with Crippen LogP contribution in [0.4, 0.5) is 4.39 Å². The first-order valence-corrected chi connectivity index (χ1v) is 7.19. The molecule has 0 amide bonds. The van der Waals surface area contributed by atoms with Crippen molar-refractivity contribution in [1.29, 1.82) is 0 Å². The highest BCUT2D eigenvalue weighted by Crippen LogP contribution is 2.25. The minimum atomic E-state index is -0.291. The Kier molecular flexibility index (Phi) is 5.02. The Balaban J connectivity index is 2.21. The Bertz CT molecular complexity index is 558. The first-order chi connectivity index (χ1) is 9.10. The number of furan rings is 1. The van der Waals surface area contributed by atoms with Gasteiger partial charge < -0.3 is 9.73 Å².